The first-order valence-corrected chi connectivity index (χ1v) is 10.6. The van der Waals surface area contributed by atoms with E-state index in [-0.39, 0.29) is 17.4 Å². The van der Waals surface area contributed by atoms with Crippen molar-refractivity contribution in [1.82, 2.24) is 24.8 Å². The highest BCUT2D eigenvalue weighted by molar-refractivity contribution is 7.89. The molecule has 1 fully saturated rings. The number of nitrogens with zero attached hydrogens (tertiary/aromatic N) is 4. The summed E-state index contributed by atoms with van der Waals surface area (Å²) in [6.07, 6.45) is 2.72. The maximum atomic E-state index is 13.0. The van der Waals surface area contributed by atoms with Crippen LogP contribution in [0.5, 0.6) is 0 Å². The molecule has 0 radical (unpaired) electrons. The number of amides is 1. The number of nitrogens with one attached hydrogen (secondary N) is 1. The first kappa shape index (κ1) is 19.6. The van der Waals surface area contributed by atoms with Crippen molar-refractivity contribution in [3.63, 3.8) is 0 Å². The molecular formula is C17H25N5O4S. The standard InChI is InChI=1S/C17H25N5O4S/c1-3-8-18-17(23)12-26-22-16-10-14(6-7-15(16)19-20-22)27(24,25)21-9-4-5-13(2)11-21/h6-7,10,13H,3-5,8-9,11-12H2,1-2H3,(H,18,23)/t13-/m1/s1. The van der Waals surface area contributed by atoms with Crippen LogP contribution in [0, 0.1) is 5.92 Å². The van der Waals surface area contributed by atoms with Crippen molar-refractivity contribution < 1.29 is 18.0 Å². The van der Waals surface area contributed by atoms with Crippen molar-refractivity contribution in [2.24, 2.45) is 5.92 Å². The molecule has 1 saturated heterocycles. The topological polar surface area (TPSA) is 106 Å². The number of aromatic nitrogens is 3. The fourth-order valence-electron chi connectivity index (χ4n) is 3.08. The molecule has 3 rings (SSSR count). The van der Waals surface area contributed by atoms with Crippen molar-refractivity contribution in [3.8, 4) is 0 Å². The molecule has 0 saturated carbocycles. The number of hydrogen-bond acceptors (Lipinski definition) is 6. The molecule has 1 aromatic carbocycles. The van der Waals surface area contributed by atoms with Crippen molar-refractivity contribution in [1.29, 1.82) is 0 Å². The van der Waals surface area contributed by atoms with Gasteiger partial charge in [0.05, 0.1) is 4.90 Å². The van der Waals surface area contributed by atoms with E-state index in [0.717, 1.165) is 24.1 Å². The van der Waals surface area contributed by atoms with Gasteiger partial charge in [-0.2, -0.15) is 4.31 Å². The smallest absolute Gasteiger partial charge is 0.260 e. The van der Waals surface area contributed by atoms with Gasteiger partial charge in [-0.1, -0.05) is 18.7 Å². The minimum absolute atomic E-state index is 0.173. The first-order valence-electron chi connectivity index (χ1n) is 9.17. The van der Waals surface area contributed by atoms with E-state index in [4.69, 9.17) is 4.84 Å². The third-order valence-electron chi connectivity index (χ3n) is 4.53. The van der Waals surface area contributed by atoms with Crippen molar-refractivity contribution in [2.75, 3.05) is 26.2 Å². The number of fused-ring (bicyclic) bond motifs is 1. The van der Waals surface area contributed by atoms with Gasteiger partial charge in [0.25, 0.3) is 5.91 Å². The molecule has 27 heavy (non-hydrogen) atoms. The Morgan fingerprint density at radius 1 is 1.41 bits per heavy atom. The van der Waals surface area contributed by atoms with Crippen LogP contribution in [0.1, 0.15) is 33.1 Å². The maximum Gasteiger partial charge on any atom is 0.260 e. The molecule has 9 nitrogen and oxygen atoms in total. The average molecular weight is 395 g/mol. The Hall–Kier alpha value is -2.20. The summed E-state index contributed by atoms with van der Waals surface area (Å²) in [5, 5.41) is 10.5. The molecule has 0 aliphatic carbocycles. The molecule has 148 valence electrons. The van der Waals surface area contributed by atoms with Gasteiger partial charge in [-0.05, 0) is 48.6 Å². The summed E-state index contributed by atoms with van der Waals surface area (Å²) in [6.45, 7) is 5.40. The van der Waals surface area contributed by atoms with Crippen LogP contribution in [0.25, 0.3) is 11.0 Å². The second-order valence-corrected chi connectivity index (χ2v) is 8.78. The van der Waals surface area contributed by atoms with Gasteiger partial charge in [0.15, 0.2) is 6.61 Å². The van der Waals surface area contributed by atoms with Gasteiger partial charge in [-0.25, -0.2) is 8.42 Å². The van der Waals surface area contributed by atoms with E-state index in [1.54, 1.807) is 6.07 Å². The quantitative estimate of drug-likeness (QED) is 0.743. The summed E-state index contributed by atoms with van der Waals surface area (Å²) >= 11 is 0. The Kier molecular flexibility index (Phi) is 5.95. The van der Waals surface area contributed by atoms with Crippen LogP contribution >= 0.6 is 0 Å². The maximum absolute atomic E-state index is 13.0. The molecule has 1 aromatic heterocycles. The van der Waals surface area contributed by atoms with Gasteiger partial charge < -0.3 is 10.2 Å². The Bertz CT molecular complexity index is 911. The lowest BCUT2D eigenvalue weighted by atomic mass is 10.0. The van der Waals surface area contributed by atoms with Gasteiger partial charge in [-0.3, -0.25) is 4.79 Å². The molecule has 2 aromatic rings. The fourth-order valence-corrected chi connectivity index (χ4v) is 4.70. The molecule has 1 aliphatic rings. The molecule has 0 spiro atoms. The third-order valence-corrected chi connectivity index (χ3v) is 6.40. The Balaban J connectivity index is 1.81. The van der Waals surface area contributed by atoms with Gasteiger partial charge in [0, 0.05) is 19.6 Å². The van der Waals surface area contributed by atoms with Crippen LogP contribution in [0.15, 0.2) is 23.1 Å². The van der Waals surface area contributed by atoms with E-state index < -0.39 is 10.0 Å². The lowest BCUT2D eigenvalue weighted by Gasteiger charge is -2.30. The first-order chi connectivity index (χ1) is 12.9. The highest BCUT2D eigenvalue weighted by atomic mass is 32.2. The summed E-state index contributed by atoms with van der Waals surface area (Å²) in [5.74, 6) is 0.0704. The zero-order valence-electron chi connectivity index (χ0n) is 15.6. The number of sulfonamides is 1. The number of carbonyl (C=O) groups is 1. The Morgan fingerprint density at radius 3 is 2.96 bits per heavy atom. The lowest BCUT2D eigenvalue weighted by molar-refractivity contribution is -0.126. The zero-order valence-corrected chi connectivity index (χ0v) is 16.4. The minimum Gasteiger partial charge on any atom is -0.385 e. The summed E-state index contributed by atoms with van der Waals surface area (Å²) in [4.78, 5) is 18.3. The predicted octanol–water partition coefficient (Wildman–Crippen LogP) is 0.807. The highest BCUT2D eigenvalue weighted by Gasteiger charge is 2.29. The van der Waals surface area contributed by atoms with E-state index in [2.05, 4.69) is 22.6 Å². The normalized spacial score (nSPS) is 18.5. The van der Waals surface area contributed by atoms with Gasteiger partial charge in [0.2, 0.25) is 10.0 Å². The van der Waals surface area contributed by atoms with E-state index >= 15 is 0 Å². The molecule has 1 aliphatic heterocycles. The molecule has 0 unspecified atom stereocenters. The predicted molar refractivity (Wildman–Crippen MR) is 99.4 cm³/mol. The van der Waals surface area contributed by atoms with Crippen molar-refractivity contribution in [2.45, 2.75) is 38.0 Å². The van der Waals surface area contributed by atoms with Gasteiger partial charge in [0.1, 0.15) is 11.0 Å². The number of benzene rings is 1. The number of carbonyl (C=O) groups excluding carboxylic acids is 1. The van der Waals surface area contributed by atoms with E-state index in [1.165, 1.54) is 16.4 Å². The Morgan fingerprint density at radius 2 is 2.22 bits per heavy atom. The highest BCUT2D eigenvalue weighted by Crippen LogP contribution is 2.25. The molecule has 1 amide bonds. The zero-order chi connectivity index (χ0) is 19.4. The van der Waals surface area contributed by atoms with Gasteiger partial charge >= 0.3 is 0 Å². The summed E-state index contributed by atoms with van der Waals surface area (Å²) in [5.41, 5.74) is 0.902. The molecular weight excluding hydrogens is 370 g/mol. The lowest BCUT2D eigenvalue weighted by Crippen LogP contribution is -2.39. The average Bonchev–Trinajstić information content (AvgIpc) is 3.07. The number of piperidine rings is 1. The monoisotopic (exact) mass is 395 g/mol. The molecule has 0 bridgehead atoms. The van der Waals surface area contributed by atoms with Crippen LogP contribution in [0.3, 0.4) is 0 Å². The largest absolute Gasteiger partial charge is 0.385 e. The van der Waals surface area contributed by atoms with Crippen LogP contribution in [0.2, 0.25) is 0 Å². The summed E-state index contributed by atoms with van der Waals surface area (Å²) in [6, 6.07) is 4.62. The second-order valence-electron chi connectivity index (χ2n) is 6.85. The SMILES string of the molecule is CCCNC(=O)COn1nnc2ccc(S(=O)(=O)N3CCC[C@@H](C)C3)cc21. The van der Waals surface area contributed by atoms with Crippen LogP contribution in [-0.4, -0.2) is 60.0 Å². The van der Waals surface area contributed by atoms with Crippen LogP contribution in [0.4, 0.5) is 0 Å². The van der Waals surface area contributed by atoms with Crippen LogP contribution < -0.4 is 10.2 Å². The minimum atomic E-state index is -3.59. The number of hydrogen-bond donors (Lipinski definition) is 1. The fraction of sp³-hybridized carbons (Fsp3) is 0.588. The molecule has 1 N–H and O–H groups in total. The molecule has 2 heterocycles. The van der Waals surface area contributed by atoms with Gasteiger partial charge in [-0.15, -0.1) is 5.10 Å². The van der Waals surface area contributed by atoms with Crippen molar-refractivity contribution in [3.05, 3.63) is 18.2 Å². The molecule has 1 atom stereocenters. The second kappa shape index (κ2) is 8.22. The molecule has 10 heteroatoms. The Labute approximate surface area is 158 Å². The van der Waals surface area contributed by atoms with E-state index in [9.17, 15) is 13.2 Å². The summed E-state index contributed by atoms with van der Waals surface area (Å²) < 4.78 is 27.5. The van der Waals surface area contributed by atoms with E-state index in [1.807, 2.05) is 6.92 Å². The van der Waals surface area contributed by atoms with E-state index in [0.29, 0.717) is 36.6 Å². The third kappa shape index (κ3) is 4.38. The number of rotatable bonds is 7. The van der Waals surface area contributed by atoms with Crippen molar-refractivity contribution >= 4 is 27.0 Å². The summed E-state index contributed by atoms with van der Waals surface area (Å²) in [7, 11) is -3.59. The van der Waals surface area contributed by atoms with Crippen LogP contribution in [-0.2, 0) is 14.8 Å².